The Hall–Kier alpha value is -1.03. The zero-order valence-electron chi connectivity index (χ0n) is 6.93. The largest absolute Gasteiger partial charge is 0.330 e. The van der Waals surface area contributed by atoms with Gasteiger partial charge in [0.1, 0.15) is 5.82 Å². The van der Waals surface area contributed by atoms with Crippen molar-refractivity contribution in [2.75, 3.05) is 6.54 Å². The molecule has 0 aliphatic carbocycles. The SMILES string of the molecule is NCCc1cc(C(F)F)ccc1F. The van der Waals surface area contributed by atoms with Gasteiger partial charge in [-0.2, -0.15) is 0 Å². The van der Waals surface area contributed by atoms with Crippen molar-refractivity contribution in [2.24, 2.45) is 5.73 Å². The van der Waals surface area contributed by atoms with Crippen LogP contribution in [-0.2, 0) is 6.42 Å². The van der Waals surface area contributed by atoms with E-state index in [4.69, 9.17) is 5.73 Å². The first kappa shape index (κ1) is 10.1. The van der Waals surface area contributed by atoms with Gasteiger partial charge in [-0.1, -0.05) is 6.07 Å². The zero-order chi connectivity index (χ0) is 9.84. The van der Waals surface area contributed by atoms with Gasteiger partial charge in [0.15, 0.2) is 0 Å². The summed E-state index contributed by atoms with van der Waals surface area (Å²) in [7, 11) is 0. The van der Waals surface area contributed by atoms with Gasteiger partial charge in [0.05, 0.1) is 0 Å². The molecule has 1 rings (SSSR count). The minimum absolute atomic E-state index is 0.162. The quantitative estimate of drug-likeness (QED) is 0.775. The molecule has 1 aromatic carbocycles. The Kier molecular flexibility index (Phi) is 3.31. The number of alkyl halides is 2. The number of rotatable bonds is 3. The molecule has 0 spiro atoms. The lowest BCUT2D eigenvalue weighted by Crippen LogP contribution is -2.05. The molecule has 0 atom stereocenters. The molecule has 0 saturated heterocycles. The van der Waals surface area contributed by atoms with Gasteiger partial charge in [0.2, 0.25) is 0 Å². The summed E-state index contributed by atoms with van der Waals surface area (Å²) < 4.78 is 37.3. The highest BCUT2D eigenvalue weighted by molar-refractivity contribution is 5.26. The lowest BCUT2D eigenvalue weighted by Gasteiger charge is -2.04. The minimum atomic E-state index is -2.56. The van der Waals surface area contributed by atoms with E-state index >= 15 is 0 Å². The van der Waals surface area contributed by atoms with Crippen molar-refractivity contribution in [3.63, 3.8) is 0 Å². The molecule has 0 heterocycles. The molecule has 0 bridgehead atoms. The van der Waals surface area contributed by atoms with Crippen LogP contribution in [0.1, 0.15) is 17.6 Å². The number of nitrogens with two attached hydrogens (primary N) is 1. The smallest absolute Gasteiger partial charge is 0.263 e. The Morgan fingerprint density at radius 2 is 2.00 bits per heavy atom. The van der Waals surface area contributed by atoms with Gasteiger partial charge in [-0.05, 0) is 30.7 Å². The molecule has 4 heteroatoms. The van der Waals surface area contributed by atoms with Crippen LogP contribution < -0.4 is 5.73 Å². The second kappa shape index (κ2) is 4.28. The van der Waals surface area contributed by atoms with Crippen LogP contribution in [0.4, 0.5) is 13.2 Å². The second-order valence-electron chi connectivity index (χ2n) is 2.69. The van der Waals surface area contributed by atoms with Crippen molar-refractivity contribution < 1.29 is 13.2 Å². The third kappa shape index (κ3) is 2.45. The third-order valence-corrected chi connectivity index (χ3v) is 1.74. The van der Waals surface area contributed by atoms with E-state index in [1.807, 2.05) is 0 Å². The van der Waals surface area contributed by atoms with Gasteiger partial charge < -0.3 is 5.73 Å². The molecule has 0 aromatic heterocycles. The van der Waals surface area contributed by atoms with Gasteiger partial charge in [0.25, 0.3) is 6.43 Å². The number of hydrogen-bond donors (Lipinski definition) is 1. The maximum absolute atomic E-state index is 12.9. The molecule has 0 saturated carbocycles. The monoisotopic (exact) mass is 189 g/mol. The summed E-state index contributed by atoms with van der Waals surface area (Å²) in [6, 6.07) is 3.29. The van der Waals surface area contributed by atoms with Crippen molar-refractivity contribution in [1.82, 2.24) is 0 Å². The molecule has 0 aliphatic heterocycles. The summed E-state index contributed by atoms with van der Waals surface area (Å²) in [5.74, 6) is -0.477. The van der Waals surface area contributed by atoms with Crippen LogP contribution in [0.15, 0.2) is 18.2 Å². The highest BCUT2D eigenvalue weighted by Crippen LogP contribution is 2.21. The summed E-state index contributed by atoms with van der Waals surface area (Å²) in [6.07, 6.45) is -2.27. The first-order valence-electron chi connectivity index (χ1n) is 3.91. The van der Waals surface area contributed by atoms with Gasteiger partial charge in [-0.3, -0.25) is 0 Å². The molecule has 72 valence electrons. The van der Waals surface area contributed by atoms with Crippen LogP contribution in [0.3, 0.4) is 0 Å². The normalized spacial score (nSPS) is 10.8. The summed E-state index contributed by atoms with van der Waals surface area (Å²) in [4.78, 5) is 0. The molecule has 0 unspecified atom stereocenters. The lowest BCUT2D eigenvalue weighted by molar-refractivity contribution is 0.151. The van der Waals surface area contributed by atoms with Crippen molar-refractivity contribution in [1.29, 1.82) is 0 Å². The van der Waals surface area contributed by atoms with Crippen molar-refractivity contribution in [3.8, 4) is 0 Å². The molecule has 0 amide bonds. The van der Waals surface area contributed by atoms with Crippen LogP contribution in [0.5, 0.6) is 0 Å². The summed E-state index contributed by atoms with van der Waals surface area (Å²) in [5.41, 5.74) is 5.29. The van der Waals surface area contributed by atoms with Crippen LogP contribution in [0.25, 0.3) is 0 Å². The van der Waals surface area contributed by atoms with E-state index in [2.05, 4.69) is 0 Å². The standard InChI is InChI=1S/C9H10F3N/c10-8-2-1-7(9(11)12)5-6(8)3-4-13/h1-2,5,9H,3-4,13H2. The van der Waals surface area contributed by atoms with E-state index in [-0.39, 0.29) is 24.1 Å². The van der Waals surface area contributed by atoms with Gasteiger partial charge >= 0.3 is 0 Å². The average Bonchev–Trinajstić information content (AvgIpc) is 2.08. The fourth-order valence-electron chi connectivity index (χ4n) is 1.08. The number of benzene rings is 1. The molecular formula is C9H10F3N. The molecule has 2 N–H and O–H groups in total. The maximum atomic E-state index is 12.9. The van der Waals surface area contributed by atoms with Gasteiger partial charge in [0, 0.05) is 5.56 Å². The Bertz CT molecular complexity index is 286. The topological polar surface area (TPSA) is 26.0 Å². The Labute approximate surface area is 74.4 Å². The van der Waals surface area contributed by atoms with Crippen molar-refractivity contribution >= 4 is 0 Å². The fraction of sp³-hybridized carbons (Fsp3) is 0.333. The van der Waals surface area contributed by atoms with E-state index in [0.29, 0.717) is 0 Å². The summed E-state index contributed by atoms with van der Waals surface area (Å²) in [5, 5.41) is 0. The summed E-state index contributed by atoms with van der Waals surface area (Å²) >= 11 is 0. The predicted octanol–water partition coefficient (Wildman–Crippen LogP) is 2.26. The fourth-order valence-corrected chi connectivity index (χ4v) is 1.08. The van der Waals surface area contributed by atoms with Crippen molar-refractivity contribution in [3.05, 3.63) is 35.1 Å². The van der Waals surface area contributed by atoms with Gasteiger partial charge in [-0.15, -0.1) is 0 Å². The Morgan fingerprint density at radius 3 is 2.54 bits per heavy atom. The van der Waals surface area contributed by atoms with E-state index in [9.17, 15) is 13.2 Å². The molecule has 0 fully saturated rings. The maximum Gasteiger partial charge on any atom is 0.263 e. The first-order valence-corrected chi connectivity index (χ1v) is 3.91. The average molecular weight is 189 g/mol. The number of halogens is 3. The third-order valence-electron chi connectivity index (χ3n) is 1.74. The first-order chi connectivity index (χ1) is 6.15. The summed E-state index contributed by atoms with van der Waals surface area (Å²) in [6.45, 7) is 0.254. The van der Waals surface area contributed by atoms with E-state index in [0.717, 1.165) is 18.2 Å². The highest BCUT2D eigenvalue weighted by atomic mass is 19.3. The molecule has 1 nitrogen and oxygen atoms in total. The molecular weight excluding hydrogens is 179 g/mol. The van der Waals surface area contributed by atoms with Gasteiger partial charge in [-0.25, -0.2) is 13.2 Å². The number of hydrogen-bond acceptors (Lipinski definition) is 1. The predicted molar refractivity (Wildman–Crippen MR) is 44.1 cm³/mol. The second-order valence-corrected chi connectivity index (χ2v) is 2.69. The van der Waals surface area contributed by atoms with E-state index in [1.165, 1.54) is 0 Å². The molecule has 13 heavy (non-hydrogen) atoms. The lowest BCUT2D eigenvalue weighted by atomic mass is 10.1. The van der Waals surface area contributed by atoms with Crippen LogP contribution >= 0.6 is 0 Å². The van der Waals surface area contributed by atoms with E-state index < -0.39 is 12.2 Å². The minimum Gasteiger partial charge on any atom is -0.330 e. The highest BCUT2D eigenvalue weighted by Gasteiger charge is 2.09. The van der Waals surface area contributed by atoms with Crippen LogP contribution in [-0.4, -0.2) is 6.54 Å². The van der Waals surface area contributed by atoms with Crippen LogP contribution in [0.2, 0.25) is 0 Å². The van der Waals surface area contributed by atoms with Crippen LogP contribution in [0, 0.1) is 5.82 Å². The Morgan fingerprint density at radius 1 is 1.31 bits per heavy atom. The molecule has 1 aromatic rings. The Balaban J connectivity index is 2.97. The zero-order valence-corrected chi connectivity index (χ0v) is 6.93. The molecule has 0 aliphatic rings. The van der Waals surface area contributed by atoms with Crippen molar-refractivity contribution in [2.45, 2.75) is 12.8 Å². The molecule has 0 radical (unpaired) electrons. The van der Waals surface area contributed by atoms with E-state index in [1.54, 1.807) is 0 Å².